The van der Waals surface area contributed by atoms with Crippen LogP contribution in [-0.2, 0) is 7.05 Å². The highest BCUT2D eigenvalue weighted by Crippen LogP contribution is 2.30. The Labute approximate surface area is 150 Å². The molecule has 0 unspecified atom stereocenters. The van der Waals surface area contributed by atoms with Gasteiger partial charge in [0.15, 0.2) is 6.10 Å². The van der Waals surface area contributed by atoms with Crippen LogP contribution in [0.2, 0.25) is 0 Å². The molecule has 0 aliphatic carbocycles. The third-order valence-corrected chi connectivity index (χ3v) is 3.80. The fourth-order valence-corrected chi connectivity index (χ4v) is 2.34. The molecule has 27 heavy (non-hydrogen) atoms. The predicted octanol–water partition coefficient (Wildman–Crippen LogP) is 2.86. The van der Waals surface area contributed by atoms with Crippen molar-refractivity contribution in [1.82, 2.24) is 14.3 Å². The second-order valence-corrected chi connectivity index (χ2v) is 6.17. The third-order valence-electron chi connectivity index (χ3n) is 3.80. The zero-order valence-corrected chi connectivity index (χ0v) is 14.8. The molecule has 1 aromatic heterocycles. The Bertz CT molecular complexity index is 931. The lowest BCUT2D eigenvalue weighted by Gasteiger charge is -2.19. The van der Waals surface area contributed by atoms with E-state index in [1.807, 2.05) is 0 Å². The maximum Gasteiger partial charge on any atom is 0.425 e. The first-order valence-corrected chi connectivity index (χ1v) is 7.81. The van der Waals surface area contributed by atoms with Crippen molar-refractivity contribution in [3.8, 4) is 11.4 Å². The number of carbonyl (C=O) groups is 1. The van der Waals surface area contributed by atoms with E-state index in [4.69, 9.17) is 9.84 Å². The van der Waals surface area contributed by atoms with Crippen LogP contribution < -0.4 is 10.4 Å². The summed E-state index contributed by atoms with van der Waals surface area (Å²) in [5.41, 5.74) is -2.06. The van der Waals surface area contributed by atoms with Gasteiger partial charge in [-0.3, -0.25) is 4.57 Å². The van der Waals surface area contributed by atoms with E-state index in [0.29, 0.717) is 23.5 Å². The number of hydrogen-bond donors (Lipinski definition) is 1. The van der Waals surface area contributed by atoms with Crippen molar-refractivity contribution < 1.29 is 32.2 Å². The van der Waals surface area contributed by atoms with E-state index in [1.54, 1.807) is 13.8 Å². The quantitative estimate of drug-likeness (QED) is 0.792. The van der Waals surface area contributed by atoms with Crippen LogP contribution in [0.5, 0.6) is 5.75 Å². The molecular weight excluding hydrogens is 374 g/mol. The first-order valence-electron chi connectivity index (χ1n) is 7.81. The molecule has 0 saturated carbocycles. The molecule has 0 aliphatic rings. The molecule has 0 saturated heterocycles. The first kappa shape index (κ1) is 20.5. The lowest BCUT2D eigenvalue weighted by Crippen LogP contribution is -2.32. The number of nitrogens with zero attached hydrogens (tertiary/aromatic N) is 3. The van der Waals surface area contributed by atoms with E-state index in [9.17, 15) is 27.2 Å². The van der Waals surface area contributed by atoms with Crippen molar-refractivity contribution in [3.05, 3.63) is 39.8 Å². The number of rotatable bonds is 5. The number of hydrogen-bond acceptors (Lipinski definition) is 4. The summed E-state index contributed by atoms with van der Waals surface area (Å²) in [5.74, 6) is -3.43. The van der Waals surface area contributed by atoms with Crippen LogP contribution in [-0.4, -0.2) is 37.7 Å². The fourth-order valence-electron chi connectivity index (χ4n) is 2.34. The van der Waals surface area contributed by atoms with Gasteiger partial charge in [0, 0.05) is 19.0 Å². The molecule has 0 aliphatic heterocycles. The maximum absolute atomic E-state index is 14.4. The number of ether oxygens (including phenoxy) is 1. The Morgan fingerprint density at radius 1 is 1.26 bits per heavy atom. The Balaban J connectivity index is 2.66. The number of aromatic carboxylic acids is 1. The van der Waals surface area contributed by atoms with Gasteiger partial charge in [0.1, 0.15) is 28.6 Å². The number of carboxylic acid groups (broad SMARTS) is 1. The van der Waals surface area contributed by atoms with Gasteiger partial charge in [-0.25, -0.2) is 14.0 Å². The van der Waals surface area contributed by atoms with Gasteiger partial charge < -0.3 is 9.84 Å². The highest BCUT2D eigenvalue weighted by Gasteiger charge is 2.39. The van der Waals surface area contributed by atoms with Crippen molar-refractivity contribution in [2.45, 2.75) is 39.0 Å². The van der Waals surface area contributed by atoms with Crippen LogP contribution >= 0.6 is 0 Å². The first-order chi connectivity index (χ1) is 12.3. The molecule has 1 atom stereocenters. The van der Waals surface area contributed by atoms with E-state index in [2.05, 4.69) is 5.10 Å². The van der Waals surface area contributed by atoms with E-state index >= 15 is 0 Å². The Hall–Kier alpha value is -2.85. The molecule has 0 spiro atoms. The summed E-state index contributed by atoms with van der Waals surface area (Å²) in [7, 11) is 1.41. The van der Waals surface area contributed by atoms with Gasteiger partial charge in [0.2, 0.25) is 0 Å². The molecule has 11 heteroatoms. The maximum atomic E-state index is 14.4. The van der Waals surface area contributed by atoms with E-state index < -0.39 is 46.8 Å². The molecule has 0 radical (unpaired) electrons. The monoisotopic (exact) mass is 391 g/mol. The van der Waals surface area contributed by atoms with Gasteiger partial charge in [-0.15, -0.1) is 5.10 Å². The number of aromatic nitrogens is 3. The Morgan fingerprint density at radius 3 is 2.30 bits per heavy atom. The summed E-state index contributed by atoms with van der Waals surface area (Å²) in [6, 6.07) is 1.21. The van der Waals surface area contributed by atoms with Crippen LogP contribution in [0.3, 0.4) is 0 Å². The van der Waals surface area contributed by atoms with Crippen LogP contribution in [0.1, 0.15) is 42.9 Å². The second kappa shape index (κ2) is 7.05. The molecule has 0 amide bonds. The largest absolute Gasteiger partial charge is 0.480 e. The number of carboxylic acids is 1. The standard InChI is InChI=1S/C16H17F4N3O4/c1-7(2)13-21-23(15(26)22(13)4)11-6-12(27-8(3)16(18,19)20)9(14(24)25)5-10(11)17/h5-8H,1-4H3,(H,24,25)/t8-/m0/s1. The molecule has 0 fully saturated rings. The SMILES string of the molecule is CC(C)c1nn(-c2cc(O[C@@H](C)C(F)(F)F)c(C(=O)O)cc2F)c(=O)n1C. The van der Waals surface area contributed by atoms with Crippen molar-refractivity contribution in [2.75, 3.05) is 0 Å². The lowest BCUT2D eigenvalue weighted by molar-refractivity contribution is -0.189. The molecule has 7 nitrogen and oxygen atoms in total. The third kappa shape index (κ3) is 3.96. The lowest BCUT2D eigenvalue weighted by atomic mass is 10.1. The van der Waals surface area contributed by atoms with E-state index in [1.165, 1.54) is 7.05 Å². The van der Waals surface area contributed by atoms with Gasteiger partial charge in [-0.1, -0.05) is 13.8 Å². The summed E-state index contributed by atoms with van der Waals surface area (Å²) >= 11 is 0. The van der Waals surface area contributed by atoms with E-state index in [0.717, 1.165) is 10.6 Å². The van der Waals surface area contributed by atoms with Crippen LogP contribution in [0, 0.1) is 5.82 Å². The van der Waals surface area contributed by atoms with Gasteiger partial charge >= 0.3 is 17.8 Å². The molecule has 0 bridgehead atoms. The second-order valence-electron chi connectivity index (χ2n) is 6.17. The minimum atomic E-state index is -4.77. The minimum Gasteiger partial charge on any atom is -0.480 e. The minimum absolute atomic E-state index is 0.189. The smallest absolute Gasteiger partial charge is 0.425 e. The molecule has 2 rings (SSSR count). The summed E-state index contributed by atoms with van der Waals surface area (Å²) in [5, 5.41) is 13.1. The Kier molecular flexibility index (Phi) is 5.34. The predicted molar refractivity (Wildman–Crippen MR) is 86.0 cm³/mol. The highest BCUT2D eigenvalue weighted by molar-refractivity contribution is 5.91. The molecule has 1 aromatic carbocycles. The average Bonchev–Trinajstić information content (AvgIpc) is 2.83. The highest BCUT2D eigenvalue weighted by atomic mass is 19.4. The van der Waals surface area contributed by atoms with Crippen molar-refractivity contribution >= 4 is 5.97 Å². The summed E-state index contributed by atoms with van der Waals surface area (Å²) in [4.78, 5) is 23.6. The van der Waals surface area contributed by atoms with Crippen molar-refractivity contribution in [3.63, 3.8) is 0 Å². The van der Waals surface area contributed by atoms with Crippen LogP contribution in [0.4, 0.5) is 17.6 Å². The molecule has 148 valence electrons. The summed E-state index contributed by atoms with van der Waals surface area (Å²) in [6.45, 7) is 4.17. The van der Waals surface area contributed by atoms with Crippen LogP contribution in [0.25, 0.3) is 5.69 Å². The average molecular weight is 391 g/mol. The number of benzene rings is 1. The zero-order valence-electron chi connectivity index (χ0n) is 14.8. The van der Waals surface area contributed by atoms with Crippen LogP contribution in [0.15, 0.2) is 16.9 Å². The molecule has 1 heterocycles. The van der Waals surface area contributed by atoms with Crippen molar-refractivity contribution in [1.29, 1.82) is 0 Å². The zero-order chi connectivity index (χ0) is 20.7. The normalized spacial score (nSPS) is 13.1. The molecular formula is C16H17F4N3O4. The number of alkyl halides is 3. The van der Waals surface area contributed by atoms with E-state index in [-0.39, 0.29) is 5.92 Å². The fraction of sp³-hybridized carbons (Fsp3) is 0.438. The Morgan fingerprint density at radius 2 is 1.85 bits per heavy atom. The van der Waals surface area contributed by atoms with Crippen molar-refractivity contribution in [2.24, 2.45) is 7.05 Å². The molecule has 2 aromatic rings. The van der Waals surface area contributed by atoms with Gasteiger partial charge in [0.25, 0.3) is 0 Å². The topological polar surface area (TPSA) is 86.4 Å². The summed E-state index contributed by atoms with van der Waals surface area (Å²) < 4.78 is 59.2. The summed E-state index contributed by atoms with van der Waals surface area (Å²) in [6.07, 6.45) is -7.11. The van der Waals surface area contributed by atoms with Gasteiger partial charge in [-0.2, -0.15) is 17.9 Å². The number of halogens is 4. The molecule has 1 N–H and O–H groups in total. The van der Waals surface area contributed by atoms with Gasteiger partial charge in [-0.05, 0) is 13.0 Å². The van der Waals surface area contributed by atoms with Gasteiger partial charge in [0.05, 0.1) is 0 Å².